The minimum atomic E-state index is -1.02. The fraction of sp³-hybridized carbons (Fsp3) is 0.300. The molecule has 13 heavy (non-hydrogen) atoms. The number of nitriles is 1. The van der Waals surface area contributed by atoms with Gasteiger partial charge in [-0.2, -0.15) is 5.26 Å². The van der Waals surface area contributed by atoms with E-state index < -0.39 is 6.10 Å². The first-order chi connectivity index (χ1) is 6.33. The normalized spacial score (nSPS) is 12.0. The summed E-state index contributed by atoms with van der Waals surface area (Å²) < 4.78 is 5.10. The van der Waals surface area contributed by atoms with E-state index in [0.717, 1.165) is 5.56 Å². The molecule has 0 amide bonds. The van der Waals surface area contributed by atoms with E-state index in [0.29, 0.717) is 6.61 Å². The molecule has 0 aliphatic heterocycles. The second-order valence-corrected chi connectivity index (χ2v) is 2.65. The van der Waals surface area contributed by atoms with Gasteiger partial charge in [0.05, 0.1) is 19.3 Å². The molecule has 3 heteroatoms. The van der Waals surface area contributed by atoms with Gasteiger partial charge < -0.3 is 9.84 Å². The lowest BCUT2D eigenvalue weighted by atomic mass is 10.2. The van der Waals surface area contributed by atoms with Crippen LogP contribution in [0.1, 0.15) is 5.56 Å². The summed E-state index contributed by atoms with van der Waals surface area (Å²) >= 11 is 0. The number of hydrogen-bond acceptors (Lipinski definition) is 3. The highest BCUT2D eigenvalue weighted by atomic mass is 16.5. The van der Waals surface area contributed by atoms with Crippen molar-refractivity contribution < 1.29 is 9.84 Å². The van der Waals surface area contributed by atoms with Crippen LogP contribution in [0, 0.1) is 11.3 Å². The van der Waals surface area contributed by atoms with Gasteiger partial charge in [0.25, 0.3) is 0 Å². The molecule has 1 aromatic carbocycles. The van der Waals surface area contributed by atoms with Crippen LogP contribution in [0.15, 0.2) is 30.3 Å². The number of benzene rings is 1. The predicted octanol–water partition coefficient (Wildman–Crippen LogP) is 1.09. The lowest BCUT2D eigenvalue weighted by Gasteiger charge is -2.04. The topological polar surface area (TPSA) is 53.2 Å². The van der Waals surface area contributed by atoms with Gasteiger partial charge in [-0.05, 0) is 5.56 Å². The lowest BCUT2D eigenvalue weighted by Crippen LogP contribution is -2.12. The van der Waals surface area contributed by atoms with Crippen LogP contribution in [0.4, 0.5) is 0 Å². The molecule has 0 aliphatic carbocycles. The van der Waals surface area contributed by atoms with E-state index in [1.54, 1.807) is 6.07 Å². The lowest BCUT2D eigenvalue weighted by molar-refractivity contribution is 0.0535. The molecular weight excluding hydrogens is 167 g/mol. The largest absolute Gasteiger partial charge is 0.376 e. The molecule has 1 N–H and O–H groups in total. The molecule has 0 fully saturated rings. The first kappa shape index (κ1) is 9.72. The van der Waals surface area contributed by atoms with E-state index in [2.05, 4.69) is 0 Å². The smallest absolute Gasteiger partial charge is 0.163 e. The van der Waals surface area contributed by atoms with Crippen molar-refractivity contribution in [2.24, 2.45) is 0 Å². The molecule has 1 atom stereocenters. The Morgan fingerprint density at radius 1 is 1.38 bits per heavy atom. The highest BCUT2D eigenvalue weighted by Crippen LogP contribution is 2.00. The molecule has 68 valence electrons. The summed E-state index contributed by atoms with van der Waals surface area (Å²) in [6, 6.07) is 11.3. The highest BCUT2D eigenvalue weighted by molar-refractivity contribution is 5.13. The second kappa shape index (κ2) is 5.31. The van der Waals surface area contributed by atoms with Crippen LogP contribution in [0.25, 0.3) is 0 Å². The van der Waals surface area contributed by atoms with Crippen LogP contribution in [-0.2, 0) is 11.3 Å². The van der Waals surface area contributed by atoms with E-state index >= 15 is 0 Å². The average Bonchev–Trinajstić information content (AvgIpc) is 2.19. The maximum atomic E-state index is 8.85. The maximum Gasteiger partial charge on any atom is 0.163 e. The Labute approximate surface area is 77.2 Å². The molecule has 0 spiro atoms. The van der Waals surface area contributed by atoms with Gasteiger partial charge in [-0.15, -0.1) is 0 Å². The summed E-state index contributed by atoms with van der Waals surface area (Å²) in [5.74, 6) is 0. The fourth-order valence-corrected chi connectivity index (χ4v) is 0.900. The average molecular weight is 178 g/mol. The summed E-state index contributed by atoms with van der Waals surface area (Å²) in [5, 5.41) is 17.1. The molecule has 0 aromatic heterocycles. The molecule has 1 aromatic rings. The molecular formula is C10H11NO2. The Morgan fingerprint density at radius 2 is 2.08 bits per heavy atom. The zero-order valence-electron chi connectivity index (χ0n) is 7.18. The highest BCUT2D eigenvalue weighted by Gasteiger charge is 2.00. The van der Waals surface area contributed by atoms with E-state index in [1.807, 2.05) is 30.3 Å². The minimum Gasteiger partial charge on any atom is -0.376 e. The van der Waals surface area contributed by atoms with Crippen LogP contribution >= 0.6 is 0 Å². The first-order valence-electron chi connectivity index (χ1n) is 4.02. The molecule has 0 aliphatic rings. The molecule has 0 saturated heterocycles. The number of ether oxygens (including phenoxy) is 1. The predicted molar refractivity (Wildman–Crippen MR) is 47.7 cm³/mol. The van der Waals surface area contributed by atoms with Crippen molar-refractivity contribution in [3.8, 4) is 6.07 Å². The molecule has 1 rings (SSSR count). The van der Waals surface area contributed by atoms with Crippen molar-refractivity contribution in [1.82, 2.24) is 0 Å². The SMILES string of the molecule is N#[13C]C(O)COCc1ccccc1. The van der Waals surface area contributed by atoms with Crippen molar-refractivity contribution in [2.75, 3.05) is 6.61 Å². The second-order valence-electron chi connectivity index (χ2n) is 2.65. The van der Waals surface area contributed by atoms with Gasteiger partial charge in [0, 0.05) is 0 Å². The van der Waals surface area contributed by atoms with Crippen molar-refractivity contribution >= 4 is 0 Å². The molecule has 0 radical (unpaired) electrons. The van der Waals surface area contributed by atoms with Crippen LogP contribution in [0.2, 0.25) is 0 Å². The summed E-state index contributed by atoms with van der Waals surface area (Å²) in [7, 11) is 0. The summed E-state index contributed by atoms with van der Waals surface area (Å²) in [5.41, 5.74) is 1.03. The molecule has 0 bridgehead atoms. The molecule has 0 heterocycles. The van der Waals surface area contributed by atoms with Crippen molar-refractivity contribution in [1.29, 1.82) is 5.26 Å². The van der Waals surface area contributed by atoms with E-state index in [4.69, 9.17) is 15.1 Å². The quantitative estimate of drug-likeness (QED) is 0.554. The van der Waals surface area contributed by atoms with Gasteiger partial charge in [-0.3, -0.25) is 0 Å². The Hall–Kier alpha value is -1.37. The Balaban J connectivity index is 2.25. The van der Waals surface area contributed by atoms with Crippen molar-refractivity contribution in [2.45, 2.75) is 12.7 Å². The van der Waals surface area contributed by atoms with Gasteiger partial charge in [-0.25, -0.2) is 0 Å². The van der Waals surface area contributed by atoms with Crippen molar-refractivity contribution in [3.05, 3.63) is 35.9 Å². The monoisotopic (exact) mass is 178 g/mol. The van der Waals surface area contributed by atoms with Gasteiger partial charge in [0.2, 0.25) is 0 Å². The zero-order valence-corrected chi connectivity index (χ0v) is 7.18. The summed E-state index contributed by atoms with van der Waals surface area (Å²) in [4.78, 5) is 0. The number of hydrogen-bond donors (Lipinski definition) is 1. The third-order valence-corrected chi connectivity index (χ3v) is 1.54. The van der Waals surface area contributed by atoms with E-state index in [9.17, 15) is 0 Å². The standard InChI is InChI=1S/C10H11NO2/c11-6-10(12)8-13-7-9-4-2-1-3-5-9/h1-5,10,12H,7-8H2/i6+1. The fourth-order valence-electron chi connectivity index (χ4n) is 0.900. The van der Waals surface area contributed by atoms with Crippen LogP contribution in [-0.4, -0.2) is 17.8 Å². The zero-order chi connectivity index (χ0) is 9.52. The van der Waals surface area contributed by atoms with Crippen molar-refractivity contribution in [3.63, 3.8) is 0 Å². The van der Waals surface area contributed by atoms with Gasteiger partial charge in [0.1, 0.15) is 0 Å². The maximum absolute atomic E-state index is 8.85. The van der Waals surface area contributed by atoms with Gasteiger partial charge in [-0.1, -0.05) is 30.3 Å². The summed E-state index contributed by atoms with van der Waals surface area (Å²) in [6.07, 6.45) is -1.02. The van der Waals surface area contributed by atoms with Gasteiger partial charge in [0.15, 0.2) is 6.10 Å². The van der Waals surface area contributed by atoms with Crippen LogP contribution in [0.3, 0.4) is 0 Å². The first-order valence-corrected chi connectivity index (χ1v) is 4.02. The van der Waals surface area contributed by atoms with E-state index in [1.165, 1.54) is 0 Å². The van der Waals surface area contributed by atoms with Gasteiger partial charge >= 0.3 is 0 Å². The molecule has 0 saturated carbocycles. The Kier molecular flexibility index (Phi) is 3.97. The summed E-state index contributed by atoms with van der Waals surface area (Å²) in [6.45, 7) is 0.491. The molecule has 3 nitrogen and oxygen atoms in total. The third-order valence-electron chi connectivity index (χ3n) is 1.54. The number of nitrogens with zero attached hydrogens (tertiary/aromatic N) is 1. The number of aliphatic hydroxyl groups excluding tert-OH is 1. The number of rotatable bonds is 4. The molecule has 1 unspecified atom stereocenters. The van der Waals surface area contributed by atoms with Crippen LogP contribution in [0.5, 0.6) is 0 Å². The number of aliphatic hydroxyl groups is 1. The minimum absolute atomic E-state index is 0.0609. The van der Waals surface area contributed by atoms with E-state index in [-0.39, 0.29) is 6.61 Å². The Bertz CT molecular complexity index is 279. The van der Waals surface area contributed by atoms with Crippen LogP contribution < -0.4 is 0 Å². The third kappa shape index (κ3) is 3.70. The Morgan fingerprint density at radius 3 is 2.69 bits per heavy atom.